The summed E-state index contributed by atoms with van der Waals surface area (Å²) in [6, 6.07) is -0.925. The molecule has 0 saturated carbocycles. The Morgan fingerprint density at radius 2 is 0.683 bits per heavy atom. The Hall–Kier alpha value is -3.35. The minimum Gasteiger partial charge on any atom is -0.394 e. The van der Waals surface area contributed by atoms with Gasteiger partial charge in [0.25, 0.3) is 0 Å². The molecule has 9 N–H and O–H groups in total. The van der Waals surface area contributed by atoms with Crippen molar-refractivity contribution < 1.29 is 64.6 Å². The number of carbonyl (C=O) groups excluding carboxylic acids is 1. The van der Waals surface area contributed by atoms with Crippen molar-refractivity contribution in [2.45, 2.75) is 415 Å². The van der Waals surface area contributed by atoms with Crippen molar-refractivity contribution >= 4 is 5.91 Å². The lowest BCUT2D eigenvalue weighted by Crippen LogP contribution is -2.65. The van der Waals surface area contributed by atoms with Crippen LogP contribution in [-0.4, -0.2) is 140 Å². The van der Waals surface area contributed by atoms with Crippen LogP contribution < -0.4 is 5.32 Å². The molecule has 1 amide bonds. The molecule has 0 aliphatic carbocycles. The number of ether oxygens (including phenoxy) is 4. The average Bonchev–Trinajstić information content (AvgIpc) is 0.792. The summed E-state index contributed by atoms with van der Waals surface area (Å²) in [5.41, 5.74) is 0. The maximum atomic E-state index is 13.4. The SMILES string of the molecule is CC/C=C\C/C=C\C/C=C\C/C=C\C/C=C\C/C=C\C/C=C\C/C=C\CCCCCCCCCCCCCCC(=O)NC(COC1OC(CO)C(OC2OC(CO)C(O)C(O)C2O)C(O)C1O)C(O)/C=C/CCCCCCCCCCCCCCCCCCCCCCCCCCCCCC. The third-order valence-electron chi connectivity index (χ3n) is 19.7. The first-order chi connectivity index (χ1) is 49.6. The average molecular weight is 1420 g/mol. The lowest BCUT2D eigenvalue weighted by Gasteiger charge is -2.46. The monoisotopic (exact) mass is 1420 g/mol. The largest absolute Gasteiger partial charge is 0.394 e. The molecule has 14 nitrogen and oxygen atoms in total. The minimum absolute atomic E-state index is 0.241. The van der Waals surface area contributed by atoms with Crippen LogP contribution in [0.4, 0.5) is 0 Å². The number of amides is 1. The molecule has 0 spiro atoms. The molecule has 0 aromatic heterocycles. The number of allylic oxidation sites excluding steroid dienone is 17. The van der Waals surface area contributed by atoms with Crippen molar-refractivity contribution in [3.05, 3.63) is 109 Å². The van der Waals surface area contributed by atoms with Crippen molar-refractivity contribution in [3.63, 3.8) is 0 Å². The first-order valence-corrected chi connectivity index (χ1v) is 41.6. The number of carbonyl (C=O) groups is 1. The molecule has 2 saturated heterocycles. The Morgan fingerprint density at radius 1 is 0.366 bits per heavy atom. The third-order valence-corrected chi connectivity index (χ3v) is 19.7. The van der Waals surface area contributed by atoms with E-state index < -0.39 is 86.8 Å². The molecule has 0 radical (unpaired) electrons. The molecule has 2 aliphatic rings. The zero-order chi connectivity index (χ0) is 73.0. The number of hydrogen-bond acceptors (Lipinski definition) is 13. The molecule has 2 aliphatic heterocycles. The van der Waals surface area contributed by atoms with E-state index in [1.54, 1.807) is 6.08 Å². The molecule has 14 heteroatoms. The fourth-order valence-electron chi connectivity index (χ4n) is 13.2. The van der Waals surface area contributed by atoms with Gasteiger partial charge in [0.15, 0.2) is 12.6 Å². The summed E-state index contributed by atoms with van der Waals surface area (Å²) in [6.07, 6.45) is 84.5. The molecule has 0 aromatic rings. The van der Waals surface area contributed by atoms with Gasteiger partial charge < -0.3 is 65.1 Å². The van der Waals surface area contributed by atoms with Gasteiger partial charge in [-0.3, -0.25) is 4.79 Å². The highest BCUT2D eigenvalue weighted by atomic mass is 16.7. The zero-order valence-electron chi connectivity index (χ0n) is 64.1. The molecule has 0 aromatic carbocycles. The zero-order valence-corrected chi connectivity index (χ0v) is 64.1. The lowest BCUT2D eigenvalue weighted by atomic mass is 9.97. The van der Waals surface area contributed by atoms with Crippen LogP contribution in [0.1, 0.15) is 341 Å². The predicted molar refractivity (Wildman–Crippen MR) is 419 cm³/mol. The fourth-order valence-corrected chi connectivity index (χ4v) is 13.2. The summed E-state index contributed by atoms with van der Waals surface area (Å²) in [6.45, 7) is 2.73. The highest BCUT2D eigenvalue weighted by Gasteiger charge is 2.51. The number of nitrogens with one attached hydrogen (secondary N) is 1. The van der Waals surface area contributed by atoms with Gasteiger partial charge in [-0.15, -0.1) is 0 Å². The Bertz CT molecular complexity index is 2120. The van der Waals surface area contributed by atoms with Gasteiger partial charge >= 0.3 is 0 Å². The van der Waals surface area contributed by atoms with Gasteiger partial charge in [0.05, 0.1) is 32.0 Å². The van der Waals surface area contributed by atoms with Crippen LogP contribution in [0.25, 0.3) is 0 Å². The van der Waals surface area contributed by atoms with Gasteiger partial charge in [-0.25, -0.2) is 0 Å². The molecule has 101 heavy (non-hydrogen) atoms. The molecule has 2 fully saturated rings. The van der Waals surface area contributed by atoms with Crippen molar-refractivity contribution in [1.29, 1.82) is 0 Å². The van der Waals surface area contributed by atoms with E-state index in [4.69, 9.17) is 18.9 Å². The molecular formula is C87H153NO13. The summed E-state index contributed by atoms with van der Waals surface area (Å²) in [4.78, 5) is 13.4. The molecule has 0 bridgehead atoms. The highest BCUT2D eigenvalue weighted by Crippen LogP contribution is 2.30. The molecule has 2 rings (SSSR count). The Labute approximate surface area is 616 Å². The maximum Gasteiger partial charge on any atom is 0.220 e. The van der Waals surface area contributed by atoms with E-state index in [0.29, 0.717) is 6.42 Å². The smallest absolute Gasteiger partial charge is 0.220 e. The topological polar surface area (TPSA) is 228 Å². The molecular weight excluding hydrogens is 1270 g/mol. The van der Waals surface area contributed by atoms with Crippen LogP contribution in [0.5, 0.6) is 0 Å². The maximum absolute atomic E-state index is 13.4. The number of unbranched alkanes of at least 4 members (excludes halogenated alkanes) is 40. The van der Waals surface area contributed by atoms with Crippen LogP contribution in [0.15, 0.2) is 109 Å². The van der Waals surface area contributed by atoms with E-state index in [2.05, 4.69) is 116 Å². The quantitative estimate of drug-likeness (QED) is 0.0204. The van der Waals surface area contributed by atoms with Crippen LogP contribution >= 0.6 is 0 Å². The standard InChI is InChI=1S/C87H153NO13/c1-3-5-7-9-11-13-15-17-19-21-23-25-27-29-31-33-35-36-37-38-39-40-41-43-45-47-49-51-53-55-57-59-61-63-65-67-69-71-79(92)88-75(74-98-86-84(97)82(95)85(78(73-90)100-86)101-87-83(96)81(94)80(93)77(72-89)99-87)76(91)70-68-66-64-62-60-58-56-54-52-50-48-46-44-42-34-32-30-28-26-24-22-20-18-16-14-12-10-8-6-4-2/h5,7,11,13,17,19,23,25,29,31,35-36,38-39,41,43,68,70,75-78,80-87,89-91,93-97H,3-4,6,8-10,12,14-16,18,20-22,24,26-28,30,32-34,37,40,42,44-67,69,71-74H2,1-2H3,(H,88,92)/b7-5-,13-11-,19-17-,25-23-,31-29-,36-35-,39-38-,43-41-,70-68+. The summed E-state index contributed by atoms with van der Waals surface area (Å²) in [5.74, 6) is -0.241. The second-order valence-corrected chi connectivity index (χ2v) is 28.9. The first kappa shape index (κ1) is 93.7. The Morgan fingerprint density at radius 3 is 1.05 bits per heavy atom. The molecule has 12 unspecified atom stereocenters. The molecule has 2 heterocycles. The van der Waals surface area contributed by atoms with Gasteiger partial charge in [0.1, 0.15) is 48.8 Å². The van der Waals surface area contributed by atoms with E-state index in [9.17, 15) is 45.6 Å². The predicted octanol–water partition coefficient (Wildman–Crippen LogP) is 19.4. The minimum atomic E-state index is -1.79. The van der Waals surface area contributed by atoms with E-state index in [-0.39, 0.29) is 18.9 Å². The highest BCUT2D eigenvalue weighted by molar-refractivity contribution is 5.76. The lowest BCUT2D eigenvalue weighted by molar-refractivity contribution is -0.359. The van der Waals surface area contributed by atoms with E-state index >= 15 is 0 Å². The van der Waals surface area contributed by atoms with Gasteiger partial charge in [-0.05, 0) is 83.5 Å². The van der Waals surface area contributed by atoms with Crippen molar-refractivity contribution in [1.82, 2.24) is 5.32 Å². The third kappa shape index (κ3) is 52.3. The van der Waals surface area contributed by atoms with Gasteiger partial charge in [0, 0.05) is 6.42 Å². The summed E-state index contributed by atoms with van der Waals surface area (Å²) < 4.78 is 22.9. The Kier molecular flexibility index (Phi) is 64.7. The number of aliphatic hydroxyl groups is 8. The van der Waals surface area contributed by atoms with E-state index in [0.717, 1.165) is 96.3 Å². The van der Waals surface area contributed by atoms with Crippen LogP contribution in [0, 0.1) is 0 Å². The molecule has 12 atom stereocenters. The van der Waals surface area contributed by atoms with Gasteiger partial charge in [-0.2, -0.15) is 0 Å². The Balaban J connectivity index is 1.62. The number of hydrogen-bond donors (Lipinski definition) is 9. The van der Waals surface area contributed by atoms with Gasteiger partial charge in [-0.1, -0.05) is 361 Å². The molecule has 584 valence electrons. The van der Waals surface area contributed by atoms with Crippen molar-refractivity contribution in [2.24, 2.45) is 0 Å². The fraction of sp³-hybridized carbons (Fsp3) is 0.782. The van der Waals surface area contributed by atoms with Crippen molar-refractivity contribution in [2.75, 3.05) is 19.8 Å². The van der Waals surface area contributed by atoms with Crippen LogP contribution in [0.3, 0.4) is 0 Å². The van der Waals surface area contributed by atoms with Crippen LogP contribution in [-0.2, 0) is 23.7 Å². The van der Waals surface area contributed by atoms with Crippen molar-refractivity contribution in [3.8, 4) is 0 Å². The number of aliphatic hydroxyl groups excluding tert-OH is 8. The number of rotatable bonds is 69. The first-order valence-electron chi connectivity index (χ1n) is 41.6. The van der Waals surface area contributed by atoms with E-state index in [1.807, 2.05) is 6.08 Å². The van der Waals surface area contributed by atoms with Gasteiger partial charge in [0.2, 0.25) is 5.91 Å². The van der Waals surface area contributed by atoms with E-state index in [1.165, 1.54) is 218 Å². The second-order valence-electron chi connectivity index (χ2n) is 28.9. The summed E-state index contributed by atoms with van der Waals surface area (Å²) in [5, 5.41) is 87.8. The second kappa shape index (κ2) is 69.7. The van der Waals surface area contributed by atoms with Crippen LogP contribution in [0.2, 0.25) is 0 Å². The normalized spacial score (nSPS) is 22.3. The summed E-state index contributed by atoms with van der Waals surface area (Å²) >= 11 is 0. The summed E-state index contributed by atoms with van der Waals surface area (Å²) in [7, 11) is 0.